The van der Waals surface area contributed by atoms with E-state index in [9.17, 15) is 12.8 Å². The van der Waals surface area contributed by atoms with Crippen molar-refractivity contribution >= 4 is 37.6 Å². The fraction of sp³-hybridized carbons (Fsp3) is 0. The van der Waals surface area contributed by atoms with E-state index in [1.165, 1.54) is 0 Å². The molecule has 0 unspecified atom stereocenters. The van der Waals surface area contributed by atoms with Gasteiger partial charge < -0.3 is 0 Å². The maximum atomic E-state index is 13.0. The number of sulfonamides is 1. The molecule has 1 aromatic rings. The number of benzene rings is 1. The number of primary sulfonamides is 1. The fourth-order valence-electron chi connectivity index (χ4n) is 0.728. The fourth-order valence-corrected chi connectivity index (χ4v) is 2.62. The highest BCUT2D eigenvalue weighted by molar-refractivity contribution is 9.10. The average Bonchev–Trinajstić information content (AvgIpc) is 1.98. The topological polar surface area (TPSA) is 60.2 Å². The maximum Gasteiger partial charge on any atom is 0.239 e. The van der Waals surface area contributed by atoms with Gasteiger partial charge in [-0.3, -0.25) is 0 Å². The molecule has 0 amide bonds. The second-order valence-corrected chi connectivity index (χ2v) is 4.95. The summed E-state index contributed by atoms with van der Waals surface area (Å²) < 4.78 is 34.5. The molecule has 0 spiro atoms. The van der Waals surface area contributed by atoms with Crippen molar-refractivity contribution in [1.29, 1.82) is 0 Å². The van der Waals surface area contributed by atoms with Gasteiger partial charge >= 0.3 is 0 Å². The first-order chi connectivity index (χ1) is 5.84. The van der Waals surface area contributed by atoms with E-state index in [-0.39, 0.29) is 14.4 Å². The van der Waals surface area contributed by atoms with Crippen LogP contribution in [0.1, 0.15) is 0 Å². The van der Waals surface area contributed by atoms with E-state index in [0.717, 1.165) is 12.1 Å². The van der Waals surface area contributed by atoms with Crippen LogP contribution in [0, 0.1) is 5.82 Å². The van der Waals surface area contributed by atoms with Crippen LogP contribution in [0.4, 0.5) is 4.39 Å². The van der Waals surface area contributed by atoms with E-state index in [0.29, 0.717) is 0 Å². The molecule has 0 aromatic heterocycles. The Kier molecular flexibility index (Phi) is 2.96. The highest BCUT2D eigenvalue weighted by Crippen LogP contribution is 2.28. The summed E-state index contributed by atoms with van der Waals surface area (Å²) in [5.41, 5.74) is 0. The van der Waals surface area contributed by atoms with E-state index < -0.39 is 15.8 Å². The van der Waals surface area contributed by atoms with Gasteiger partial charge in [0, 0.05) is 0 Å². The van der Waals surface area contributed by atoms with Crippen LogP contribution in [0.2, 0.25) is 5.02 Å². The summed E-state index contributed by atoms with van der Waals surface area (Å²) in [6, 6.07) is 2.26. The summed E-state index contributed by atoms with van der Waals surface area (Å²) in [6.07, 6.45) is 0. The van der Waals surface area contributed by atoms with Crippen molar-refractivity contribution in [2.24, 2.45) is 5.14 Å². The average molecular weight is 289 g/mol. The first-order valence-electron chi connectivity index (χ1n) is 3.00. The molecule has 0 saturated carbocycles. The van der Waals surface area contributed by atoms with Gasteiger partial charge in [0.1, 0.15) is 0 Å². The molecule has 0 saturated heterocycles. The smallest absolute Gasteiger partial charge is 0.225 e. The van der Waals surface area contributed by atoms with Gasteiger partial charge in [-0.05, 0) is 28.1 Å². The molecule has 0 fully saturated rings. The predicted molar refractivity (Wildman–Crippen MR) is 50.5 cm³/mol. The molecule has 3 nitrogen and oxygen atoms in total. The molecule has 0 radical (unpaired) electrons. The van der Waals surface area contributed by atoms with Crippen LogP contribution in [0.15, 0.2) is 21.5 Å². The lowest BCUT2D eigenvalue weighted by Crippen LogP contribution is -2.13. The summed E-state index contributed by atoms with van der Waals surface area (Å²) in [5, 5.41) is 4.64. The molecule has 0 aliphatic rings. The molecule has 0 aliphatic carbocycles. The summed E-state index contributed by atoms with van der Waals surface area (Å²) in [6.45, 7) is 0. The second-order valence-electron chi connectivity index (χ2n) is 2.22. The lowest BCUT2D eigenvalue weighted by molar-refractivity contribution is 0.589. The Labute approximate surface area is 87.9 Å². The van der Waals surface area contributed by atoms with E-state index in [1.807, 2.05) is 0 Å². The lowest BCUT2D eigenvalue weighted by atomic mass is 10.3. The SMILES string of the molecule is NS(=O)(=O)c1ccc(Cl)c(F)c1Br. The Bertz CT molecular complexity index is 448. The van der Waals surface area contributed by atoms with Gasteiger partial charge in [0.15, 0.2) is 5.82 Å². The van der Waals surface area contributed by atoms with E-state index in [1.54, 1.807) is 0 Å². The van der Waals surface area contributed by atoms with Gasteiger partial charge in [-0.25, -0.2) is 17.9 Å². The number of rotatable bonds is 1. The molecule has 1 aromatic carbocycles. The van der Waals surface area contributed by atoms with Crippen LogP contribution in [0.3, 0.4) is 0 Å². The van der Waals surface area contributed by atoms with Crippen molar-refractivity contribution in [3.05, 3.63) is 27.4 Å². The van der Waals surface area contributed by atoms with E-state index in [4.69, 9.17) is 16.7 Å². The third-order valence-corrected chi connectivity index (χ3v) is 3.59. The molecule has 1 rings (SSSR count). The molecule has 7 heteroatoms. The first-order valence-corrected chi connectivity index (χ1v) is 5.72. The van der Waals surface area contributed by atoms with Crippen molar-refractivity contribution in [3.8, 4) is 0 Å². The van der Waals surface area contributed by atoms with Crippen molar-refractivity contribution in [3.63, 3.8) is 0 Å². The summed E-state index contributed by atoms with van der Waals surface area (Å²) in [5.74, 6) is -0.840. The maximum absolute atomic E-state index is 13.0. The number of halogens is 3. The zero-order valence-electron chi connectivity index (χ0n) is 6.09. The van der Waals surface area contributed by atoms with Gasteiger partial charge in [-0.2, -0.15) is 0 Å². The van der Waals surface area contributed by atoms with E-state index >= 15 is 0 Å². The van der Waals surface area contributed by atoms with Gasteiger partial charge in [0.05, 0.1) is 14.4 Å². The highest BCUT2D eigenvalue weighted by Gasteiger charge is 2.17. The van der Waals surface area contributed by atoms with Gasteiger partial charge in [-0.15, -0.1) is 0 Å². The quantitative estimate of drug-likeness (QED) is 0.802. The third-order valence-electron chi connectivity index (χ3n) is 1.31. The Morgan fingerprint density at radius 1 is 1.46 bits per heavy atom. The highest BCUT2D eigenvalue weighted by atomic mass is 79.9. The van der Waals surface area contributed by atoms with E-state index in [2.05, 4.69) is 15.9 Å². The minimum Gasteiger partial charge on any atom is -0.225 e. The first kappa shape index (κ1) is 10.9. The van der Waals surface area contributed by atoms with Gasteiger partial charge in [-0.1, -0.05) is 11.6 Å². The van der Waals surface area contributed by atoms with Crippen LogP contribution in [0.25, 0.3) is 0 Å². The molecule has 0 bridgehead atoms. The Balaban J connectivity index is 3.53. The van der Waals surface area contributed by atoms with Crippen LogP contribution in [0.5, 0.6) is 0 Å². The molecule has 13 heavy (non-hydrogen) atoms. The molecule has 0 heterocycles. The zero-order chi connectivity index (χ0) is 10.2. The van der Waals surface area contributed by atoms with Crippen molar-refractivity contribution in [2.45, 2.75) is 4.90 Å². The van der Waals surface area contributed by atoms with Crippen molar-refractivity contribution < 1.29 is 12.8 Å². The Hall–Kier alpha value is -0.170. The van der Waals surface area contributed by atoms with Crippen LogP contribution in [-0.2, 0) is 10.0 Å². The minimum absolute atomic E-state index is 0.167. The normalized spacial score (nSPS) is 11.7. The molecule has 72 valence electrons. The Morgan fingerprint density at radius 2 is 2.00 bits per heavy atom. The van der Waals surface area contributed by atoms with Crippen molar-refractivity contribution in [2.75, 3.05) is 0 Å². The van der Waals surface area contributed by atoms with Gasteiger partial charge in [0.2, 0.25) is 10.0 Å². The number of hydrogen-bond donors (Lipinski definition) is 1. The summed E-state index contributed by atoms with van der Waals surface area (Å²) >= 11 is 8.14. The third kappa shape index (κ3) is 2.19. The standard InChI is InChI=1S/C6H4BrClFNO2S/c7-5-4(13(10,11)12)2-1-3(8)6(5)9/h1-2H,(H2,10,11,12). The number of nitrogens with two attached hydrogens (primary N) is 1. The molecular weight excluding hydrogens is 284 g/mol. The summed E-state index contributed by atoms with van der Waals surface area (Å²) in [4.78, 5) is -0.325. The van der Waals surface area contributed by atoms with Gasteiger partial charge in [0.25, 0.3) is 0 Å². The molecule has 0 aliphatic heterocycles. The zero-order valence-corrected chi connectivity index (χ0v) is 9.25. The number of hydrogen-bond acceptors (Lipinski definition) is 2. The lowest BCUT2D eigenvalue weighted by Gasteiger charge is -2.03. The van der Waals surface area contributed by atoms with Crippen LogP contribution < -0.4 is 5.14 Å². The molecular formula is C6H4BrClFNO2S. The Morgan fingerprint density at radius 3 is 2.46 bits per heavy atom. The second kappa shape index (κ2) is 3.53. The van der Waals surface area contributed by atoms with Crippen LogP contribution >= 0.6 is 27.5 Å². The summed E-state index contributed by atoms with van der Waals surface area (Å²) in [7, 11) is -3.92. The monoisotopic (exact) mass is 287 g/mol. The van der Waals surface area contributed by atoms with Crippen molar-refractivity contribution in [1.82, 2.24) is 0 Å². The molecule has 2 N–H and O–H groups in total. The largest absolute Gasteiger partial charge is 0.239 e. The minimum atomic E-state index is -3.92. The van der Waals surface area contributed by atoms with Crippen LogP contribution in [-0.4, -0.2) is 8.42 Å². The molecule has 0 atom stereocenters. The predicted octanol–water partition coefficient (Wildman–Crippen LogP) is 1.89.